The first-order valence-electron chi connectivity index (χ1n) is 3.62. The molecule has 5 heteroatoms. The molecule has 1 aromatic carbocycles. The van der Waals surface area contributed by atoms with E-state index in [1.54, 1.807) is 6.07 Å². The molecule has 0 fully saturated rings. The van der Waals surface area contributed by atoms with E-state index in [9.17, 15) is 4.79 Å². The lowest BCUT2D eigenvalue weighted by Gasteiger charge is -2.04. The van der Waals surface area contributed by atoms with Crippen LogP contribution in [0.4, 0.5) is 0 Å². The van der Waals surface area contributed by atoms with Crippen LogP contribution in [0.15, 0.2) is 16.6 Å². The van der Waals surface area contributed by atoms with E-state index in [4.69, 9.17) is 10.4 Å². The lowest BCUT2D eigenvalue weighted by Crippen LogP contribution is -2.02. The van der Waals surface area contributed by atoms with Gasteiger partial charge in [-0.25, -0.2) is 4.79 Å². The van der Waals surface area contributed by atoms with Crippen LogP contribution in [0.1, 0.15) is 21.5 Å². The first-order valence-corrected chi connectivity index (χ1v) is 5.53. The fraction of sp³-hybridized carbons (Fsp3) is 0.111. The van der Waals surface area contributed by atoms with E-state index in [0.29, 0.717) is 20.9 Å². The zero-order valence-corrected chi connectivity index (χ0v) is 10.1. The van der Waals surface area contributed by atoms with Gasteiger partial charge >= 0.3 is 5.97 Å². The van der Waals surface area contributed by atoms with Gasteiger partial charge in [-0.15, -0.1) is 0 Å². The van der Waals surface area contributed by atoms with E-state index in [1.165, 1.54) is 6.07 Å². The molecule has 72 valence electrons. The fourth-order valence-corrected chi connectivity index (χ4v) is 1.95. The number of alkyl halides is 1. The smallest absolute Gasteiger partial charge is 0.336 e. The predicted molar refractivity (Wildman–Crippen MR) is 58.4 cm³/mol. The Balaban J connectivity index is 3.42. The van der Waals surface area contributed by atoms with Gasteiger partial charge in [-0.1, -0.05) is 15.9 Å². The number of halogens is 2. The number of hydrogen-bond acceptors (Lipinski definition) is 2. The summed E-state index contributed by atoms with van der Waals surface area (Å²) in [5, 5.41) is 18.0. The Labute approximate surface area is 97.6 Å². The van der Waals surface area contributed by atoms with Crippen molar-refractivity contribution in [3.8, 4) is 6.07 Å². The molecule has 0 amide bonds. The van der Waals surface area contributed by atoms with E-state index >= 15 is 0 Å². The topological polar surface area (TPSA) is 61.1 Å². The van der Waals surface area contributed by atoms with Crippen molar-refractivity contribution in [2.75, 3.05) is 0 Å². The van der Waals surface area contributed by atoms with Crippen molar-refractivity contribution in [2.45, 2.75) is 5.33 Å². The zero-order chi connectivity index (χ0) is 10.7. The Morgan fingerprint density at radius 3 is 2.64 bits per heavy atom. The highest BCUT2D eigenvalue weighted by Crippen LogP contribution is 2.23. The minimum absolute atomic E-state index is 0.154. The highest BCUT2D eigenvalue weighted by molar-refractivity contribution is 9.10. The summed E-state index contributed by atoms with van der Waals surface area (Å²) in [5.74, 6) is -1.02. The molecule has 0 unspecified atom stereocenters. The van der Waals surface area contributed by atoms with Gasteiger partial charge < -0.3 is 5.11 Å². The van der Waals surface area contributed by atoms with Gasteiger partial charge in [-0.05, 0) is 33.6 Å². The average molecular weight is 319 g/mol. The number of benzene rings is 1. The summed E-state index contributed by atoms with van der Waals surface area (Å²) in [6.07, 6.45) is 0. The van der Waals surface area contributed by atoms with Crippen molar-refractivity contribution >= 4 is 37.8 Å². The summed E-state index contributed by atoms with van der Waals surface area (Å²) in [7, 11) is 0. The molecular formula is C9H5Br2NO2. The maximum atomic E-state index is 10.8. The number of rotatable bonds is 2. The molecule has 0 atom stereocenters. The van der Waals surface area contributed by atoms with Crippen LogP contribution in [0.3, 0.4) is 0 Å². The Hall–Kier alpha value is -0.860. The molecule has 0 radical (unpaired) electrons. The van der Waals surface area contributed by atoms with Gasteiger partial charge in [0, 0.05) is 9.80 Å². The van der Waals surface area contributed by atoms with Gasteiger partial charge in [0.25, 0.3) is 0 Å². The standard InChI is InChI=1S/C9H5Br2NO2/c10-3-5-2-8(11)6(4-12)1-7(5)9(13)14/h1-2H,3H2,(H,13,14). The van der Waals surface area contributed by atoms with Crippen molar-refractivity contribution in [3.63, 3.8) is 0 Å². The molecule has 1 aromatic rings. The van der Waals surface area contributed by atoms with Crippen LogP contribution in [0.5, 0.6) is 0 Å². The van der Waals surface area contributed by atoms with Gasteiger partial charge in [0.15, 0.2) is 0 Å². The molecule has 0 aromatic heterocycles. The molecule has 3 nitrogen and oxygen atoms in total. The second kappa shape index (κ2) is 4.58. The number of carboxylic acid groups (broad SMARTS) is 1. The fourth-order valence-electron chi connectivity index (χ4n) is 1.01. The monoisotopic (exact) mass is 317 g/mol. The minimum atomic E-state index is -1.02. The van der Waals surface area contributed by atoms with Crippen molar-refractivity contribution in [3.05, 3.63) is 33.3 Å². The maximum Gasteiger partial charge on any atom is 0.336 e. The van der Waals surface area contributed by atoms with Crippen molar-refractivity contribution in [1.29, 1.82) is 5.26 Å². The van der Waals surface area contributed by atoms with Crippen LogP contribution in [-0.2, 0) is 5.33 Å². The Kier molecular flexibility index (Phi) is 3.67. The SMILES string of the molecule is N#Cc1cc(C(=O)O)c(CBr)cc1Br. The summed E-state index contributed by atoms with van der Waals surface area (Å²) < 4.78 is 0.611. The van der Waals surface area contributed by atoms with Gasteiger partial charge in [0.05, 0.1) is 11.1 Å². The Morgan fingerprint density at radius 1 is 1.57 bits per heavy atom. The predicted octanol–water partition coefficient (Wildman–Crippen LogP) is 2.91. The molecule has 0 heterocycles. The molecule has 0 spiro atoms. The molecule has 0 aliphatic heterocycles. The van der Waals surface area contributed by atoms with Crippen LogP contribution in [0.25, 0.3) is 0 Å². The lowest BCUT2D eigenvalue weighted by atomic mass is 10.1. The average Bonchev–Trinajstić information content (AvgIpc) is 2.16. The van der Waals surface area contributed by atoms with E-state index in [-0.39, 0.29) is 5.56 Å². The lowest BCUT2D eigenvalue weighted by molar-refractivity contribution is 0.0696. The van der Waals surface area contributed by atoms with Gasteiger partial charge in [0.2, 0.25) is 0 Å². The molecule has 14 heavy (non-hydrogen) atoms. The third kappa shape index (κ3) is 2.14. The summed E-state index contributed by atoms with van der Waals surface area (Å²) in [6, 6.07) is 4.92. The van der Waals surface area contributed by atoms with E-state index in [0.717, 1.165) is 0 Å². The second-order valence-corrected chi connectivity index (χ2v) is 3.95. The number of hydrogen-bond donors (Lipinski definition) is 1. The molecule has 1 rings (SSSR count). The van der Waals surface area contributed by atoms with Gasteiger partial charge in [0.1, 0.15) is 6.07 Å². The quantitative estimate of drug-likeness (QED) is 0.853. The molecule has 0 saturated carbocycles. The number of nitrogens with zero attached hydrogens (tertiary/aromatic N) is 1. The summed E-state index contributed by atoms with van der Waals surface area (Å²) in [5.41, 5.74) is 1.12. The van der Waals surface area contributed by atoms with Crippen LogP contribution in [0, 0.1) is 11.3 Å². The van der Waals surface area contributed by atoms with Crippen LogP contribution < -0.4 is 0 Å². The molecule has 0 saturated heterocycles. The molecule has 0 bridgehead atoms. The van der Waals surface area contributed by atoms with Gasteiger partial charge in [-0.3, -0.25) is 0 Å². The first-order chi connectivity index (χ1) is 6.60. The number of aromatic carboxylic acids is 1. The summed E-state index contributed by atoms with van der Waals surface area (Å²) in [4.78, 5) is 10.8. The third-order valence-corrected chi connectivity index (χ3v) is 2.95. The Bertz CT molecular complexity index is 424. The molecular weight excluding hydrogens is 314 g/mol. The molecule has 1 N–H and O–H groups in total. The minimum Gasteiger partial charge on any atom is -0.478 e. The highest BCUT2D eigenvalue weighted by Gasteiger charge is 2.12. The van der Waals surface area contributed by atoms with E-state index in [2.05, 4.69) is 31.9 Å². The normalized spacial score (nSPS) is 9.50. The van der Waals surface area contributed by atoms with E-state index in [1.807, 2.05) is 6.07 Å². The van der Waals surface area contributed by atoms with Gasteiger partial charge in [-0.2, -0.15) is 5.26 Å². The third-order valence-electron chi connectivity index (χ3n) is 1.69. The van der Waals surface area contributed by atoms with Crippen LogP contribution in [0.2, 0.25) is 0 Å². The van der Waals surface area contributed by atoms with Crippen molar-refractivity contribution < 1.29 is 9.90 Å². The number of nitriles is 1. The van der Waals surface area contributed by atoms with Crippen molar-refractivity contribution in [2.24, 2.45) is 0 Å². The first kappa shape index (κ1) is 11.2. The highest BCUT2D eigenvalue weighted by atomic mass is 79.9. The molecule has 0 aliphatic carbocycles. The number of carboxylic acids is 1. The Morgan fingerprint density at radius 2 is 2.21 bits per heavy atom. The van der Waals surface area contributed by atoms with Crippen LogP contribution >= 0.6 is 31.9 Å². The second-order valence-electron chi connectivity index (χ2n) is 2.54. The van der Waals surface area contributed by atoms with E-state index < -0.39 is 5.97 Å². The largest absolute Gasteiger partial charge is 0.478 e. The maximum absolute atomic E-state index is 10.8. The summed E-state index contributed by atoms with van der Waals surface area (Å²) in [6.45, 7) is 0. The van der Waals surface area contributed by atoms with Crippen LogP contribution in [-0.4, -0.2) is 11.1 Å². The summed E-state index contributed by atoms with van der Waals surface area (Å²) >= 11 is 6.39. The number of carbonyl (C=O) groups is 1. The zero-order valence-electron chi connectivity index (χ0n) is 6.92. The molecule has 0 aliphatic rings. The van der Waals surface area contributed by atoms with Crippen molar-refractivity contribution in [1.82, 2.24) is 0 Å².